The van der Waals surface area contributed by atoms with Crippen molar-refractivity contribution in [3.63, 3.8) is 0 Å². The molecule has 0 bridgehead atoms. The number of hydrogen-bond donors (Lipinski definition) is 1. The highest BCUT2D eigenvalue weighted by atomic mass is 35.5. The molecule has 0 spiro atoms. The average molecular weight is 318 g/mol. The molecule has 5 heteroatoms. The molecule has 0 unspecified atom stereocenters. The Hall–Kier alpha value is -2.10. The highest BCUT2D eigenvalue weighted by Gasteiger charge is 2.26. The van der Waals surface area contributed by atoms with Crippen LogP contribution in [0.3, 0.4) is 0 Å². The number of imide groups is 1. The topological polar surface area (TPSA) is 46.2 Å². The van der Waals surface area contributed by atoms with Crippen LogP contribution in [0.2, 0.25) is 10.0 Å². The number of nitrogens with one attached hydrogen (secondary N) is 1. The maximum Gasteiger partial charge on any atom is 0.258 e. The van der Waals surface area contributed by atoms with E-state index in [9.17, 15) is 9.59 Å². The minimum atomic E-state index is -0.426. The molecule has 0 fully saturated rings. The molecule has 104 valence electrons. The fraction of sp³-hybridized carbons (Fsp3) is 0. The van der Waals surface area contributed by atoms with Crippen molar-refractivity contribution in [3.8, 4) is 0 Å². The normalized spacial score (nSPS) is 15.8. The van der Waals surface area contributed by atoms with Crippen LogP contribution in [0.5, 0.6) is 0 Å². The van der Waals surface area contributed by atoms with Gasteiger partial charge in [-0.15, -0.1) is 0 Å². The first-order valence-electron chi connectivity index (χ1n) is 6.18. The molecule has 3 nitrogen and oxygen atoms in total. The first kappa shape index (κ1) is 13.9. The summed E-state index contributed by atoms with van der Waals surface area (Å²) in [4.78, 5) is 23.9. The molecule has 0 aliphatic carbocycles. The van der Waals surface area contributed by atoms with E-state index in [4.69, 9.17) is 23.2 Å². The van der Waals surface area contributed by atoms with Crippen LogP contribution in [0.15, 0.2) is 42.5 Å². The maximum atomic E-state index is 12.1. The Labute approximate surface area is 131 Å². The van der Waals surface area contributed by atoms with Gasteiger partial charge < -0.3 is 0 Å². The predicted molar refractivity (Wildman–Crippen MR) is 83.2 cm³/mol. The molecule has 0 atom stereocenters. The third kappa shape index (κ3) is 2.58. The molecule has 2 amide bonds. The van der Waals surface area contributed by atoms with Crippen LogP contribution >= 0.6 is 23.2 Å². The lowest BCUT2D eigenvalue weighted by Crippen LogP contribution is -2.36. The van der Waals surface area contributed by atoms with Gasteiger partial charge in [0.25, 0.3) is 11.8 Å². The van der Waals surface area contributed by atoms with Gasteiger partial charge in [0, 0.05) is 11.1 Å². The summed E-state index contributed by atoms with van der Waals surface area (Å²) >= 11 is 11.9. The largest absolute Gasteiger partial charge is 0.288 e. The Morgan fingerprint density at radius 2 is 1.57 bits per heavy atom. The van der Waals surface area contributed by atoms with Gasteiger partial charge in [0.05, 0.1) is 10.0 Å². The lowest BCUT2D eigenvalue weighted by Gasteiger charge is -2.18. The summed E-state index contributed by atoms with van der Waals surface area (Å²) in [5.41, 5.74) is 2.24. The molecule has 0 saturated carbocycles. The molecule has 1 N–H and O–H groups in total. The van der Waals surface area contributed by atoms with Gasteiger partial charge in [0.2, 0.25) is 0 Å². The van der Waals surface area contributed by atoms with Gasteiger partial charge in [-0.25, -0.2) is 0 Å². The SMILES string of the molecule is O=C1NC(=O)c2ccccc2/C1=C/c1ccc(Cl)c(Cl)c1. The fourth-order valence-corrected chi connectivity index (χ4v) is 2.49. The van der Waals surface area contributed by atoms with Crippen molar-refractivity contribution in [1.82, 2.24) is 5.32 Å². The van der Waals surface area contributed by atoms with E-state index in [2.05, 4.69) is 5.32 Å². The summed E-state index contributed by atoms with van der Waals surface area (Å²) in [5, 5.41) is 3.18. The van der Waals surface area contributed by atoms with Crippen LogP contribution in [0.25, 0.3) is 11.6 Å². The van der Waals surface area contributed by atoms with E-state index in [1.165, 1.54) is 0 Å². The number of benzene rings is 2. The van der Waals surface area contributed by atoms with E-state index < -0.39 is 5.91 Å². The maximum absolute atomic E-state index is 12.1. The number of fused-ring (bicyclic) bond motifs is 1. The number of hydrogen-bond acceptors (Lipinski definition) is 2. The summed E-state index contributed by atoms with van der Waals surface area (Å²) in [6.45, 7) is 0. The minimum absolute atomic E-state index is 0.387. The lowest BCUT2D eigenvalue weighted by molar-refractivity contribution is -0.114. The van der Waals surface area contributed by atoms with E-state index in [1.807, 2.05) is 0 Å². The van der Waals surface area contributed by atoms with Crippen molar-refractivity contribution in [3.05, 3.63) is 69.2 Å². The number of rotatable bonds is 1. The molecule has 1 aliphatic heterocycles. The number of amides is 2. The first-order chi connectivity index (χ1) is 10.1. The van der Waals surface area contributed by atoms with Crippen molar-refractivity contribution < 1.29 is 9.59 Å². The van der Waals surface area contributed by atoms with Gasteiger partial charge in [-0.2, -0.15) is 0 Å². The zero-order valence-electron chi connectivity index (χ0n) is 10.7. The summed E-state index contributed by atoms with van der Waals surface area (Å²) in [6, 6.07) is 12.1. The van der Waals surface area contributed by atoms with E-state index in [0.717, 1.165) is 5.56 Å². The van der Waals surface area contributed by atoms with Crippen LogP contribution in [-0.4, -0.2) is 11.8 Å². The van der Waals surface area contributed by atoms with Crippen LogP contribution < -0.4 is 5.32 Å². The van der Waals surface area contributed by atoms with Crippen molar-refractivity contribution in [2.24, 2.45) is 0 Å². The molecular weight excluding hydrogens is 309 g/mol. The second-order valence-electron chi connectivity index (χ2n) is 4.56. The molecule has 1 heterocycles. The zero-order valence-corrected chi connectivity index (χ0v) is 12.2. The predicted octanol–water partition coefficient (Wildman–Crippen LogP) is 3.80. The smallest absolute Gasteiger partial charge is 0.258 e. The minimum Gasteiger partial charge on any atom is -0.288 e. The van der Waals surface area contributed by atoms with Crippen molar-refractivity contribution in [1.29, 1.82) is 0 Å². The van der Waals surface area contributed by atoms with E-state index >= 15 is 0 Å². The fourth-order valence-electron chi connectivity index (χ4n) is 2.19. The van der Waals surface area contributed by atoms with Gasteiger partial charge in [-0.1, -0.05) is 47.5 Å². The van der Waals surface area contributed by atoms with Gasteiger partial charge in [-0.05, 0) is 35.4 Å². The first-order valence-corrected chi connectivity index (χ1v) is 6.93. The van der Waals surface area contributed by atoms with Crippen molar-refractivity contribution in [2.45, 2.75) is 0 Å². The molecular formula is C16H9Cl2NO2. The second kappa shape index (κ2) is 5.35. The second-order valence-corrected chi connectivity index (χ2v) is 5.37. The standard InChI is InChI=1S/C16H9Cl2NO2/c17-13-6-5-9(8-14(13)18)7-12-10-3-1-2-4-11(10)15(20)19-16(12)21/h1-8H,(H,19,20,21)/b12-7-. The van der Waals surface area contributed by atoms with Gasteiger partial charge in [-0.3, -0.25) is 14.9 Å². The highest BCUT2D eigenvalue weighted by molar-refractivity contribution is 6.42. The molecule has 0 saturated heterocycles. The van der Waals surface area contributed by atoms with E-state index in [-0.39, 0.29) is 5.91 Å². The van der Waals surface area contributed by atoms with Crippen molar-refractivity contribution >= 4 is 46.7 Å². The van der Waals surface area contributed by atoms with E-state index in [0.29, 0.717) is 26.7 Å². The monoisotopic (exact) mass is 317 g/mol. The Kier molecular flexibility index (Phi) is 3.53. The molecule has 3 rings (SSSR count). The Bertz CT molecular complexity index is 797. The summed E-state index contributed by atoms with van der Waals surface area (Å²) in [5.74, 6) is -0.813. The van der Waals surface area contributed by atoms with Crippen LogP contribution in [0.1, 0.15) is 21.5 Å². The van der Waals surface area contributed by atoms with Crippen LogP contribution in [-0.2, 0) is 4.79 Å². The molecule has 1 aliphatic rings. The molecule has 0 aromatic heterocycles. The van der Waals surface area contributed by atoms with Gasteiger partial charge in [0.1, 0.15) is 0 Å². The molecule has 0 radical (unpaired) electrons. The van der Waals surface area contributed by atoms with Crippen LogP contribution in [0.4, 0.5) is 0 Å². The number of carbonyl (C=O) groups excluding carboxylic acids is 2. The quantitative estimate of drug-likeness (QED) is 0.642. The Balaban J connectivity index is 2.14. The van der Waals surface area contributed by atoms with Crippen molar-refractivity contribution in [2.75, 3.05) is 0 Å². The summed E-state index contributed by atoms with van der Waals surface area (Å²) in [6.07, 6.45) is 1.68. The Morgan fingerprint density at radius 3 is 2.29 bits per heavy atom. The third-order valence-corrected chi connectivity index (χ3v) is 3.93. The van der Waals surface area contributed by atoms with Crippen LogP contribution in [0, 0.1) is 0 Å². The van der Waals surface area contributed by atoms with E-state index in [1.54, 1.807) is 48.5 Å². The van der Waals surface area contributed by atoms with Gasteiger partial charge >= 0.3 is 0 Å². The summed E-state index contributed by atoms with van der Waals surface area (Å²) in [7, 11) is 0. The third-order valence-electron chi connectivity index (χ3n) is 3.19. The summed E-state index contributed by atoms with van der Waals surface area (Å²) < 4.78 is 0. The average Bonchev–Trinajstić information content (AvgIpc) is 2.47. The van der Waals surface area contributed by atoms with Gasteiger partial charge in [0.15, 0.2) is 0 Å². The number of halogens is 2. The lowest BCUT2D eigenvalue weighted by atomic mass is 9.93. The zero-order chi connectivity index (χ0) is 15.0. The molecule has 21 heavy (non-hydrogen) atoms. The number of carbonyl (C=O) groups is 2. The molecule has 2 aromatic rings. The Morgan fingerprint density at radius 1 is 0.857 bits per heavy atom. The molecule has 2 aromatic carbocycles. The highest BCUT2D eigenvalue weighted by Crippen LogP contribution is 2.28.